The molecular formula is C16H17N3O3. The molecule has 1 aliphatic heterocycles. The van der Waals surface area contributed by atoms with Gasteiger partial charge in [0.15, 0.2) is 0 Å². The number of nitrogens with zero attached hydrogens (tertiary/aromatic N) is 2. The van der Waals surface area contributed by atoms with Gasteiger partial charge < -0.3 is 15.4 Å². The second-order valence-corrected chi connectivity index (χ2v) is 5.35. The van der Waals surface area contributed by atoms with Gasteiger partial charge in [0.2, 0.25) is 5.91 Å². The van der Waals surface area contributed by atoms with E-state index >= 15 is 0 Å². The van der Waals surface area contributed by atoms with Crippen molar-refractivity contribution in [2.75, 3.05) is 13.7 Å². The summed E-state index contributed by atoms with van der Waals surface area (Å²) in [5.41, 5.74) is 5.76. The summed E-state index contributed by atoms with van der Waals surface area (Å²) in [6, 6.07) is 8.71. The molecule has 0 unspecified atom stereocenters. The minimum Gasteiger partial charge on any atom is -0.380 e. The van der Waals surface area contributed by atoms with Crippen molar-refractivity contribution in [3.05, 3.63) is 42.2 Å². The third-order valence-electron chi connectivity index (χ3n) is 4.06. The van der Waals surface area contributed by atoms with Gasteiger partial charge in [-0.15, -0.1) is 0 Å². The van der Waals surface area contributed by atoms with Crippen molar-refractivity contribution in [2.24, 2.45) is 5.73 Å². The second-order valence-electron chi connectivity index (χ2n) is 5.35. The molecule has 0 aliphatic carbocycles. The molecule has 2 heterocycles. The highest BCUT2D eigenvalue weighted by Crippen LogP contribution is 2.24. The molecule has 2 N–H and O–H groups in total. The summed E-state index contributed by atoms with van der Waals surface area (Å²) in [7, 11) is 1.56. The molecule has 0 radical (unpaired) electrons. The number of primary amides is 1. The van der Waals surface area contributed by atoms with Crippen LogP contribution in [0.25, 0.3) is 10.8 Å². The largest absolute Gasteiger partial charge is 0.380 e. The molecule has 6 nitrogen and oxygen atoms in total. The van der Waals surface area contributed by atoms with Crippen LogP contribution in [0.3, 0.4) is 0 Å². The smallest absolute Gasteiger partial charge is 0.273 e. The maximum atomic E-state index is 12.8. The number of methoxy groups -OCH3 is 1. The minimum absolute atomic E-state index is 0.184. The Hall–Kier alpha value is -2.47. The van der Waals surface area contributed by atoms with Crippen molar-refractivity contribution >= 4 is 22.6 Å². The van der Waals surface area contributed by atoms with Crippen LogP contribution >= 0.6 is 0 Å². The Balaban J connectivity index is 2.00. The summed E-state index contributed by atoms with van der Waals surface area (Å²) >= 11 is 0. The molecule has 0 bridgehead atoms. The molecule has 2 amide bonds. The van der Waals surface area contributed by atoms with E-state index in [0.717, 1.165) is 10.8 Å². The molecule has 0 spiro atoms. The Morgan fingerprint density at radius 1 is 1.32 bits per heavy atom. The van der Waals surface area contributed by atoms with Crippen LogP contribution in [0.2, 0.25) is 0 Å². The van der Waals surface area contributed by atoms with E-state index in [1.807, 2.05) is 30.3 Å². The Bertz CT molecular complexity index is 726. The van der Waals surface area contributed by atoms with Crippen molar-refractivity contribution in [1.82, 2.24) is 9.88 Å². The molecule has 1 aromatic heterocycles. The number of benzene rings is 1. The maximum absolute atomic E-state index is 12.8. The maximum Gasteiger partial charge on any atom is 0.273 e. The van der Waals surface area contributed by atoms with Gasteiger partial charge in [0, 0.05) is 31.7 Å². The van der Waals surface area contributed by atoms with Crippen LogP contribution in [0.5, 0.6) is 0 Å². The van der Waals surface area contributed by atoms with Crippen molar-refractivity contribution in [2.45, 2.75) is 18.6 Å². The Morgan fingerprint density at radius 3 is 2.82 bits per heavy atom. The molecule has 22 heavy (non-hydrogen) atoms. The van der Waals surface area contributed by atoms with E-state index in [4.69, 9.17) is 10.5 Å². The number of fused-ring (bicyclic) bond motifs is 1. The Morgan fingerprint density at radius 2 is 2.09 bits per heavy atom. The van der Waals surface area contributed by atoms with Crippen LogP contribution < -0.4 is 5.73 Å². The normalized spacial score (nSPS) is 21.2. The lowest BCUT2D eigenvalue weighted by Gasteiger charge is -2.22. The molecule has 1 aromatic carbocycles. The third kappa shape index (κ3) is 2.42. The molecule has 1 saturated heterocycles. The third-order valence-corrected chi connectivity index (χ3v) is 4.06. The lowest BCUT2D eigenvalue weighted by molar-refractivity contribution is -0.121. The molecular weight excluding hydrogens is 282 g/mol. The lowest BCUT2D eigenvalue weighted by Crippen LogP contribution is -2.44. The number of carbonyl (C=O) groups excluding carboxylic acids is 2. The summed E-state index contributed by atoms with van der Waals surface area (Å²) in [5, 5.41) is 1.69. The van der Waals surface area contributed by atoms with Crippen molar-refractivity contribution in [1.29, 1.82) is 0 Å². The van der Waals surface area contributed by atoms with Gasteiger partial charge in [0.1, 0.15) is 11.7 Å². The van der Waals surface area contributed by atoms with E-state index in [9.17, 15) is 9.59 Å². The number of rotatable bonds is 3. The molecule has 0 saturated carbocycles. The standard InChI is InChI=1S/C16H17N3O3/c1-22-11-8-13(15(17)20)19(9-11)16(21)14-12-5-3-2-4-10(12)6-7-18-14/h2-7,11,13H,8-9H2,1H3,(H2,17,20)/t11-,13-/m0/s1. The number of aromatic nitrogens is 1. The monoisotopic (exact) mass is 299 g/mol. The number of likely N-dealkylation sites (tertiary alicyclic amines) is 1. The van der Waals surface area contributed by atoms with Gasteiger partial charge in [-0.3, -0.25) is 14.6 Å². The molecule has 1 aliphatic rings. The lowest BCUT2D eigenvalue weighted by atomic mass is 10.1. The van der Waals surface area contributed by atoms with E-state index < -0.39 is 11.9 Å². The first kappa shape index (κ1) is 14.5. The van der Waals surface area contributed by atoms with Gasteiger partial charge in [-0.25, -0.2) is 0 Å². The summed E-state index contributed by atoms with van der Waals surface area (Å²) in [6.07, 6.45) is 1.83. The number of ether oxygens (including phenoxy) is 1. The molecule has 2 aromatic rings. The van der Waals surface area contributed by atoms with E-state index in [0.29, 0.717) is 18.7 Å². The summed E-state index contributed by atoms with van der Waals surface area (Å²) in [5.74, 6) is -0.812. The molecule has 114 valence electrons. The highest BCUT2D eigenvalue weighted by molar-refractivity contribution is 6.06. The fraction of sp³-hybridized carbons (Fsp3) is 0.312. The van der Waals surface area contributed by atoms with E-state index in [1.165, 1.54) is 4.90 Å². The predicted octanol–water partition coefficient (Wildman–Crippen LogP) is 0.950. The fourth-order valence-corrected chi connectivity index (χ4v) is 2.89. The first-order valence-corrected chi connectivity index (χ1v) is 7.08. The predicted molar refractivity (Wildman–Crippen MR) is 81.2 cm³/mol. The van der Waals surface area contributed by atoms with Gasteiger partial charge in [-0.2, -0.15) is 0 Å². The fourth-order valence-electron chi connectivity index (χ4n) is 2.89. The van der Waals surface area contributed by atoms with Crippen LogP contribution in [-0.2, 0) is 9.53 Å². The quantitative estimate of drug-likeness (QED) is 0.914. The van der Waals surface area contributed by atoms with Crippen LogP contribution in [-0.4, -0.2) is 47.5 Å². The van der Waals surface area contributed by atoms with Gasteiger partial charge in [-0.1, -0.05) is 24.3 Å². The van der Waals surface area contributed by atoms with Crippen molar-refractivity contribution in [3.63, 3.8) is 0 Å². The highest BCUT2D eigenvalue weighted by Gasteiger charge is 2.39. The summed E-state index contributed by atoms with van der Waals surface area (Å²) < 4.78 is 5.27. The zero-order valence-corrected chi connectivity index (χ0v) is 12.2. The Labute approximate surface area is 127 Å². The molecule has 6 heteroatoms. The summed E-state index contributed by atoms with van der Waals surface area (Å²) in [4.78, 5) is 30.1. The number of hydrogen-bond donors (Lipinski definition) is 1. The first-order valence-electron chi connectivity index (χ1n) is 7.08. The average Bonchev–Trinajstić information content (AvgIpc) is 2.98. The van der Waals surface area contributed by atoms with Gasteiger partial charge >= 0.3 is 0 Å². The minimum atomic E-state index is -0.654. The van der Waals surface area contributed by atoms with Gasteiger partial charge in [0.05, 0.1) is 6.10 Å². The van der Waals surface area contributed by atoms with E-state index in [-0.39, 0.29) is 12.0 Å². The number of hydrogen-bond acceptors (Lipinski definition) is 4. The zero-order chi connectivity index (χ0) is 15.7. The van der Waals surface area contributed by atoms with Crippen LogP contribution in [0.4, 0.5) is 0 Å². The first-order chi connectivity index (χ1) is 10.6. The SMILES string of the molecule is CO[C@H]1C[C@@H](C(N)=O)N(C(=O)c2nccc3ccccc23)C1. The number of nitrogens with two attached hydrogens (primary N) is 1. The highest BCUT2D eigenvalue weighted by atomic mass is 16.5. The zero-order valence-electron chi connectivity index (χ0n) is 12.2. The Kier molecular flexibility index (Phi) is 3.77. The van der Waals surface area contributed by atoms with Gasteiger partial charge in [-0.05, 0) is 11.5 Å². The van der Waals surface area contributed by atoms with Crippen LogP contribution in [0.15, 0.2) is 36.5 Å². The van der Waals surface area contributed by atoms with Crippen LogP contribution in [0, 0.1) is 0 Å². The molecule has 2 atom stereocenters. The average molecular weight is 299 g/mol. The number of amides is 2. The number of pyridine rings is 1. The van der Waals surface area contributed by atoms with Crippen LogP contribution in [0.1, 0.15) is 16.9 Å². The molecule has 1 fully saturated rings. The number of carbonyl (C=O) groups is 2. The van der Waals surface area contributed by atoms with Gasteiger partial charge in [0.25, 0.3) is 5.91 Å². The second kappa shape index (κ2) is 5.73. The van der Waals surface area contributed by atoms with E-state index in [2.05, 4.69) is 4.98 Å². The topological polar surface area (TPSA) is 85.5 Å². The van der Waals surface area contributed by atoms with Crippen molar-refractivity contribution < 1.29 is 14.3 Å². The van der Waals surface area contributed by atoms with Crippen molar-refractivity contribution in [3.8, 4) is 0 Å². The van der Waals surface area contributed by atoms with E-state index in [1.54, 1.807) is 13.3 Å². The molecule has 3 rings (SSSR count). The summed E-state index contributed by atoms with van der Waals surface area (Å²) in [6.45, 7) is 0.341.